The molecule has 0 saturated heterocycles. The van der Waals surface area contributed by atoms with Crippen LogP contribution in [0.1, 0.15) is 18.4 Å². The predicted octanol–water partition coefficient (Wildman–Crippen LogP) is 2.80. The summed E-state index contributed by atoms with van der Waals surface area (Å²) >= 11 is 0. The predicted molar refractivity (Wildman–Crippen MR) is 86.6 cm³/mol. The van der Waals surface area contributed by atoms with Crippen LogP contribution < -0.4 is 5.32 Å². The van der Waals surface area contributed by atoms with Gasteiger partial charge in [0.05, 0.1) is 12.1 Å². The Bertz CT molecular complexity index is 537. The van der Waals surface area contributed by atoms with Gasteiger partial charge in [-0.2, -0.15) is 0 Å². The van der Waals surface area contributed by atoms with Crippen molar-refractivity contribution in [2.24, 2.45) is 0 Å². The fourth-order valence-electron chi connectivity index (χ4n) is 2.60. The molecule has 1 heterocycles. The van der Waals surface area contributed by atoms with E-state index in [0.29, 0.717) is 0 Å². The molecular formula is C17H26N2O2. The van der Waals surface area contributed by atoms with E-state index in [0.717, 1.165) is 45.7 Å². The van der Waals surface area contributed by atoms with Gasteiger partial charge in [0.2, 0.25) is 0 Å². The van der Waals surface area contributed by atoms with Crippen molar-refractivity contribution in [1.82, 2.24) is 9.88 Å². The maximum atomic E-state index is 5.12. The number of aryl methyl sites for hydroxylation is 1. The molecule has 1 aromatic heterocycles. The van der Waals surface area contributed by atoms with Gasteiger partial charge in [-0.15, -0.1) is 0 Å². The Morgan fingerprint density at radius 3 is 2.71 bits per heavy atom. The highest BCUT2D eigenvalue weighted by atomic mass is 16.5. The largest absolute Gasteiger partial charge is 0.385 e. The van der Waals surface area contributed by atoms with E-state index in [9.17, 15) is 0 Å². The molecule has 2 aromatic rings. The quantitative estimate of drug-likeness (QED) is 0.683. The maximum Gasteiger partial charge on any atom is 0.0587 e. The molecule has 116 valence electrons. The molecule has 4 heteroatoms. The SMILES string of the molecule is COCCCCn1ccc2cccc(CNCCOC)c21. The lowest BCUT2D eigenvalue weighted by molar-refractivity contribution is 0.191. The Kier molecular flexibility index (Phi) is 6.73. The fraction of sp³-hybridized carbons (Fsp3) is 0.529. The van der Waals surface area contributed by atoms with Gasteiger partial charge < -0.3 is 19.4 Å². The number of ether oxygens (including phenoxy) is 2. The first kappa shape index (κ1) is 16.0. The van der Waals surface area contributed by atoms with Crippen molar-refractivity contribution in [2.75, 3.05) is 34.0 Å². The van der Waals surface area contributed by atoms with Crippen molar-refractivity contribution in [3.63, 3.8) is 0 Å². The first-order valence-corrected chi connectivity index (χ1v) is 7.62. The number of aromatic nitrogens is 1. The van der Waals surface area contributed by atoms with Crippen molar-refractivity contribution < 1.29 is 9.47 Å². The van der Waals surface area contributed by atoms with Crippen molar-refractivity contribution >= 4 is 10.9 Å². The Hall–Kier alpha value is -1.36. The minimum atomic E-state index is 0.744. The molecule has 0 atom stereocenters. The first-order valence-electron chi connectivity index (χ1n) is 7.62. The van der Waals surface area contributed by atoms with Crippen molar-refractivity contribution in [3.05, 3.63) is 36.0 Å². The number of nitrogens with zero attached hydrogens (tertiary/aromatic N) is 1. The number of fused-ring (bicyclic) bond motifs is 1. The number of hydrogen-bond acceptors (Lipinski definition) is 3. The molecule has 0 radical (unpaired) electrons. The smallest absolute Gasteiger partial charge is 0.0587 e. The van der Waals surface area contributed by atoms with Gasteiger partial charge in [-0.3, -0.25) is 0 Å². The second-order valence-corrected chi connectivity index (χ2v) is 5.23. The van der Waals surface area contributed by atoms with Crippen LogP contribution in [0, 0.1) is 0 Å². The highest BCUT2D eigenvalue weighted by Crippen LogP contribution is 2.21. The molecule has 0 bridgehead atoms. The monoisotopic (exact) mass is 290 g/mol. The van der Waals surface area contributed by atoms with Gasteiger partial charge in [0.1, 0.15) is 0 Å². The third kappa shape index (κ3) is 4.56. The average molecular weight is 290 g/mol. The van der Waals surface area contributed by atoms with Gasteiger partial charge in [-0.1, -0.05) is 18.2 Å². The molecular weight excluding hydrogens is 264 g/mol. The van der Waals surface area contributed by atoms with Gasteiger partial charge >= 0.3 is 0 Å². The standard InChI is InChI=1S/C17H26N2O2/c1-20-12-4-3-10-19-11-8-15-6-5-7-16(17(15)19)14-18-9-13-21-2/h5-8,11,18H,3-4,9-10,12-14H2,1-2H3. The third-order valence-corrected chi connectivity index (χ3v) is 3.67. The van der Waals surface area contributed by atoms with Crippen LogP contribution in [0.25, 0.3) is 10.9 Å². The fourth-order valence-corrected chi connectivity index (χ4v) is 2.60. The van der Waals surface area contributed by atoms with Gasteiger partial charge in [0, 0.05) is 46.7 Å². The molecule has 0 amide bonds. The lowest BCUT2D eigenvalue weighted by Gasteiger charge is -2.11. The van der Waals surface area contributed by atoms with Gasteiger partial charge in [0.15, 0.2) is 0 Å². The zero-order valence-electron chi connectivity index (χ0n) is 13.1. The van der Waals surface area contributed by atoms with E-state index in [2.05, 4.69) is 40.3 Å². The zero-order valence-corrected chi connectivity index (χ0v) is 13.1. The summed E-state index contributed by atoms with van der Waals surface area (Å²) in [5.41, 5.74) is 2.69. The van der Waals surface area contributed by atoms with E-state index in [4.69, 9.17) is 9.47 Å². The molecule has 0 spiro atoms. The summed E-state index contributed by atoms with van der Waals surface area (Å²) in [4.78, 5) is 0. The molecule has 0 aliphatic carbocycles. The molecule has 0 fully saturated rings. The number of para-hydroxylation sites is 1. The molecule has 1 N–H and O–H groups in total. The van der Waals surface area contributed by atoms with E-state index in [1.807, 2.05) is 0 Å². The molecule has 0 aliphatic heterocycles. The molecule has 4 nitrogen and oxygen atoms in total. The lowest BCUT2D eigenvalue weighted by Crippen LogP contribution is -2.19. The molecule has 0 unspecified atom stereocenters. The highest BCUT2D eigenvalue weighted by Gasteiger charge is 2.06. The molecule has 1 aromatic carbocycles. The molecule has 0 aliphatic rings. The second kappa shape index (κ2) is 8.82. The minimum Gasteiger partial charge on any atom is -0.385 e. The Morgan fingerprint density at radius 2 is 1.90 bits per heavy atom. The first-order chi connectivity index (χ1) is 10.4. The van der Waals surface area contributed by atoms with Crippen molar-refractivity contribution in [3.8, 4) is 0 Å². The van der Waals surface area contributed by atoms with Crippen LogP contribution in [-0.2, 0) is 22.6 Å². The van der Waals surface area contributed by atoms with Crippen LogP contribution in [0.3, 0.4) is 0 Å². The van der Waals surface area contributed by atoms with E-state index in [-0.39, 0.29) is 0 Å². The number of benzene rings is 1. The van der Waals surface area contributed by atoms with E-state index in [1.165, 1.54) is 16.5 Å². The Morgan fingerprint density at radius 1 is 1.05 bits per heavy atom. The average Bonchev–Trinajstić information content (AvgIpc) is 2.92. The molecule has 21 heavy (non-hydrogen) atoms. The van der Waals surface area contributed by atoms with Crippen molar-refractivity contribution in [1.29, 1.82) is 0 Å². The molecule has 0 saturated carbocycles. The van der Waals surface area contributed by atoms with E-state index in [1.54, 1.807) is 14.2 Å². The zero-order chi connectivity index (χ0) is 14.9. The van der Waals surface area contributed by atoms with Crippen LogP contribution in [-0.4, -0.2) is 38.5 Å². The van der Waals surface area contributed by atoms with E-state index < -0.39 is 0 Å². The summed E-state index contributed by atoms with van der Waals surface area (Å²) in [6, 6.07) is 8.71. The van der Waals surface area contributed by atoms with Crippen LogP contribution in [0.15, 0.2) is 30.5 Å². The normalized spacial score (nSPS) is 11.3. The summed E-state index contributed by atoms with van der Waals surface area (Å²) < 4.78 is 12.5. The highest BCUT2D eigenvalue weighted by molar-refractivity contribution is 5.83. The summed E-state index contributed by atoms with van der Waals surface area (Å²) in [5, 5.41) is 4.74. The summed E-state index contributed by atoms with van der Waals surface area (Å²) in [6.45, 7) is 4.38. The number of unbranched alkanes of at least 4 members (excludes halogenated alkanes) is 1. The van der Waals surface area contributed by atoms with E-state index >= 15 is 0 Å². The number of methoxy groups -OCH3 is 2. The van der Waals surface area contributed by atoms with Crippen LogP contribution >= 0.6 is 0 Å². The number of rotatable bonds is 10. The van der Waals surface area contributed by atoms with Gasteiger partial charge in [-0.05, 0) is 29.9 Å². The summed E-state index contributed by atoms with van der Waals surface area (Å²) in [6.07, 6.45) is 4.43. The summed E-state index contributed by atoms with van der Waals surface area (Å²) in [7, 11) is 3.49. The van der Waals surface area contributed by atoms with Crippen LogP contribution in [0.4, 0.5) is 0 Å². The Labute approximate surface area is 127 Å². The number of hydrogen-bond donors (Lipinski definition) is 1. The van der Waals surface area contributed by atoms with Crippen LogP contribution in [0.2, 0.25) is 0 Å². The second-order valence-electron chi connectivity index (χ2n) is 5.23. The van der Waals surface area contributed by atoms with Gasteiger partial charge in [-0.25, -0.2) is 0 Å². The van der Waals surface area contributed by atoms with Crippen LogP contribution in [0.5, 0.6) is 0 Å². The Balaban J connectivity index is 2.04. The minimum absolute atomic E-state index is 0.744. The summed E-state index contributed by atoms with van der Waals surface area (Å²) in [5.74, 6) is 0. The molecule has 2 rings (SSSR count). The third-order valence-electron chi connectivity index (χ3n) is 3.67. The van der Waals surface area contributed by atoms with Crippen molar-refractivity contribution in [2.45, 2.75) is 25.9 Å². The lowest BCUT2D eigenvalue weighted by atomic mass is 10.1. The number of nitrogens with one attached hydrogen (secondary N) is 1. The van der Waals surface area contributed by atoms with Gasteiger partial charge in [0.25, 0.3) is 0 Å². The maximum absolute atomic E-state index is 5.12. The topological polar surface area (TPSA) is 35.4 Å².